The number of nitrogens with zero attached hydrogens (tertiary/aromatic N) is 2. The summed E-state index contributed by atoms with van der Waals surface area (Å²) < 4.78 is 45.9. The van der Waals surface area contributed by atoms with E-state index >= 15 is 0 Å². The fraction of sp³-hybridized carbons (Fsp3) is 0.571. The molecular formula is C42H57FN2O10. The molecule has 302 valence electrons. The van der Waals surface area contributed by atoms with Gasteiger partial charge in [-0.2, -0.15) is 0 Å². The summed E-state index contributed by atoms with van der Waals surface area (Å²) >= 11 is 0. The fourth-order valence-electron chi connectivity index (χ4n) is 8.48. The van der Waals surface area contributed by atoms with E-state index in [1.165, 1.54) is 13.2 Å². The quantitative estimate of drug-likeness (QED) is 0.0726. The Balaban J connectivity index is 1.73. The normalized spacial score (nSPS) is 24.6. The average Bonchev–Trinajstić information content (AvgIpc) is 3.20. The van der Waals surface area contributed by atoms with Crippen molar-refractivity contribution in [3.05, 3.63) is 83.7 Å². The molecule has 6 atom stereocenters. The molecular weight excluding hydrogens is 711 g/mol. The van der Waals surface area contributed by atoms with E-state index in [1.807, 2.05) is 19.1 Å². The van der Waals surface area contributed by atoms with Crippen LogP contribution in [0.2, 0.25) is 0 Å². The molecule has 0 unspecified atom stereocenters. The third-order valence-electron chi connectivity index (χ3n) is 10.8. The predicted molar refractivity (Wildman–Crippen MR) is 204 cm³/mol. The van der Waals surface area contributed by atoms with Crippen molar-refractivity contribution in [2.24, 2.45) is 22.9 Å². The standard InChI is InChI=1S/C42H57FN2O10/c1-4-22-53-42-38(45(41(49)50-3)18-23-51-24-21-48)27-36(44-54-5-2)33-25-29(12-8-10-19-46)32(14-9-11-20-47)39(40(33)42)34-26-31(16-17-37(34)55-42)52-28-30-13-6-7-15-35(30)43/h4,6-7,13,15-17,25-26,29,32,38-40,46-48H,1,5,8-12,14,18-24,27-28H2,2-3H3/t29-,32+,38-,39+,40+,42+/m0/s1. The number of allylic oxidation sites excluding steroid dienone is 1. The van der Waals surface area contributed by atoms with Crippen LogP contribution in [0.25, 0.3) is 0 Å². The van der Waals surface area contributed by atoms with Crippen molar-refractivity contribution in [3.8, 4) is 11.5 Å². The average molecular weight is 769 g/mol. The minimum Gasteiger partial charge on any atom is -0.489 e. The maximum Gasteiger partial charge on any atom is 0.410 e. The monoisotopic (exact) mass is 768 g/mol. The molecule has 0 radical (unpaired) electrons. The van der Waals surface area contributed by atoms with E-state index in [0.717, 1.165) is 36.8 Å². The predicted octanol–water partition coefficient (Wildman–Crippen LogP) is 6.14. The number of carbonyl (C=O) groups excluding carboxylic acids is 1. The van der Waals surface area contributed by atoms with Gasteiger partial charge in [0.1, 0.15) is 36.6 Å². The van der Waals surface area contributed by atoms with Gasteiger partial charge in [-0.3, -0.25) is 4.90 Å². The van der Waals surface area contributed by atoms with Crippen LogP contribution in [0, 0.1) is 23.6 Å². The van der Waals surface area contributed by atoms with E-state index in [4.69, 9.17) is 28.5 Å². The first kappa shape index (κ1) is 42.1. The molecule has 55 heavy (non-hydrogen) atoms. The lowest BCUT2D eigenvalue weighted by atomic mass is 9.55. The SMILES string of the molecule is C=CCO[C@@]12Oc3ccc(OCc4ccccc4F)cc3[C@H]3[C@H](CCCCO)[C@@H](CCCCO)C=C(C(=NOCC)C[C@@H]1N(CCOCCO)C(=O)OC)[C@H]32. The zero-order chi connectivity index (χ0) is 39.2. The molecule has 3 N–H and O–H groups in total. The molecule has 1 aliphatic heterocycles. The molecule has 13 heteroatoms. The highest BCUT2D eigenvalue weighted by Crippen LogP contribution is 2.62. The summed E-state index contributed by atoms with van der Waals surface area (Å²) in [6.07, 6.45) is 7.95. The lowest BCUT2D eigenvalue weighted by molar-refractivity contribution is -0.255. The van der Waals surface area contributed by atoms with Crippen LogP contribution in [0.5, 0.6) is 11.5 Å². The molecule has 5 rings (SSSR count). The Labute approximate surface area is 323 Å². The number of aliphatic hydroxyl groups excluding tert-OH is 3. The molecule has 0 saturated heterocycles. The van der Waals surface area contributed by atoms with Crippen LogP contribution in [0.3, 0.4) is 0 Å². The molecule has 12 nitrogen and oxygen atoms in total. The van der Waals surface area contributed by atoms with Crippen molar-refractivity contribution in [1.29, 1.82) is 0 Å². The number of hydrogen-bond acceptors (Lipinski definition) is 11. The number of carbonyl (C=O) groups is 1. The Morgan fingerprint density at radius 1 is 1.07 bits per heavy atom. The lowest BCUT2D eigenvalue weighted by Crippen LogP contribution is -2.70. The van der Waals surface area contributed by atoms with Gasteiger partial charge in [0, 0.05) is 43.2 Å². The summed E-state index contributed by atoms with van der Waals surface area (Å²) in [4.78, 5) is 21.1. The smallest absolute Gasteiger partial charge is 0.410 e. The number of aliphatic hydroxyl groups is 3. The Bertz CT molecular complexity index is 1620. The van der Waals surface area contributed by atoms with Crippen LogP contribution in [0.1, 0.15) is 68.9 Å². The highest BCUT2D eigenvalue weighted by Gasteiger charge is 2.65. The zero-order valence-electron chi connectivity index (χ0n) is 32.1. The van der Waals surface area contributed by atoms with Crippen LogP contribution in [0.4, 0.5) is 9.18 Å². The first-order chi connectivity index (χ1) is 26.9. The fourth-order valence-corrected chi connectivity index (χ4v) is 8.48. The number of ether oxygens (including phenoxy) is 5. The molecule has 2 aromatic rings. The minimum atomic E-state index is -1.46. The van der Waals surface area contributed by atoms with Crippen LogP contribution in [-0.2, 0) is 25.7 Å². The van der Waals surface area contributed by atoms with Crippen molar-refractivity contribution in [2.75, 3.05) is 59.9 Å². The Kier molecular flexibility index (Phi) is 15.9. The zero-order valence-corrected chi connectivity index (χ0v) is 32.1. The van der Waals surface area contributed by atoms with Crippen LogP contribution in [-0.4, -0.2) is 104 Å². The molecule has 0 aromatic heterocycles. The summed E-state index contributed by atoms with van der Waals surface area (Å²) in [5.41, 5.74) is 2.87. The number of amides is 1. The third kappa shape index (κ3) is 9.69. The van der Waals surface area contributed by atoms with Crippen molar-refractivity contribution in [2.45, 2.75) is 76.2 Å². The molecule has 1 heterocycles. The van der Waals surface area contributed by atoms with Crippen LogP contribution < -0.4 is 9.47 Å². The maximum atomic E-state index is 14.6. The van der Waals surface area contributed by atoms with Crippen LogP contribution in [0.15, 0.2) is 71.9 Å². The second-order valence-electron chi connectivity index (χ2n) is 14.1. The number of methoxy groups -OCH3 is 1. The van der Waals surface area contributed by atoms with E-state index in [9.17, 15) is 24.5 Å². The number of rotatable bonds is 22. The second kappa shape index (κ2) is 20.8. The molecule has 2 aliphatic carbocycles. The van der Waals surface area contributed by atoms with Gasteiger partial charge in [0.15, 0.2) is 0 Å². The van der Waals surface area contributed by atoms with Gasteiger partial charge in [-0.25, -0.2) is 9.18 Å². The van der Waals surface area contributed by atoms with Gasteiger partial charge in [-0.1, -0.05) is 48.3 Å². The first-order valence-electron chi connectivity index (χ1n) is 19.5. The number of fused-ring (bicyclic) bond motifs is 2. The van der Waals surface area contributed by atoms with E-state index in [-0.39, 0.29) is 82.8 Å². The van der Waals surface area contributed by atoms with Gasteiger partial charge in [0.25, 0.3) is 0 Å². The number of oxime groups is 1. The van der Waals surface area contributed by atoms with Gasteiger partial charge in [0.05, 0.1) is 45.2 Å². The van der Waals surface area contributed by atoms with Crippen LogP contribution >= 0.6 is 0 Å². The summed E-state index contributed by atoms with van der Waals surface area (Å²) in [5.74, 6) is -1.42. The summed E-state index contributed by atoms with van der Waals surface area (Å²) in [6.45, 7) is 6.59. The Morgan fingerprint density at radius 3 is 2.56 bits per heavy atom. The minimum absolute atomic E-state index is 0.0155. The van der Waals surface area contributed by atoms with Crippen molar-refractivity contribution in [3.63, 3.8) is 0 Å². The van der Waals surface area contributed by atoms with E-state index in [0.29, 0.717) is 42.2 Å². The molecule has 0 bridgehead atoms. The highest BCUT2D eigenvalue weighted by molar-refractivity contribution is 6.02. The Morgan fingerprint density at radius 2 is 1.85 bits per heavy atom. The van der Waals surface area contributed by atoms with Gasteiger partial charge in [0.2, 0.25) is 5.79 Å². The second-order valence-corrected chi connectivity index (χ2v) is 14.1. The third-order valence-corrected chi connectivity index (χ3v) is 10.8. The topological polar surface area (TPSA) is 149 Å². The number of halogens is 1. The summed E-state index contributed by atoms with van der Waals surface area (Å²) in [5, 5.41) is 33.7. The first-order valence-corrected chi connectivity index (χ1v) is 19.5. The molecule has 3 aliphatic rings. The number of benzene rings is 2. The van der Waals surface area contributed by atoms with E-state index in [2.05, 4.69) is 17.8 Å². The maximum absolute atomic E-state index is 14.6. The number of unbranched alkanes of at least 4 members (excludes halogenated alkanes) is 2. The van der Waals surface area contributed by atoms with Crippen molar-refractivity contribution >= 4 is 11.8 Å². The van der Waals surface area contributed by atoms with E-state index in [1.54, 1.807) is 35.2 Å². The highest BCUT2D eigenvalue weighted by atomic mass is 19.1. The molecule has 0 spiro atoms. The van der Waals surface area contributed by atoms with Gasteiger partial charge < -0.3 is 43.8 Å². The lowest BCUT2D eigenvalue weighted by Gasteiger charge is -2.59. The molecule has 1 fully saturated rings. The van der Waals surface area contributed by atoms with Crippen molar-refractivity contribution in [1.82, 2.24) is 4.90 Å². The van der Waals surface area contributed by atoms with E-state index < -0.39 is 23.8 Å². The largest absolute Gasteiger partial charge is 0.489 e. The summed E-state index contributed by atoms with van der Waals surface area (Å²) in [7, 11) is 1.32. The summed E-state index contributed by atoms with van der Waals surface area (Å²) in [6, 6.07) is 11.3. The number of hydrogen-bond donors (Lipinski definition) is 3. The molecule has 1 amide bonds. The Hall–Kier alpha value is -4.01. The molecule has 2 aromatic carbocycles. The van der Waals surface area contributed by atoms with Crippen molar-refractivity contribution < 1.29 is 53.0 Å². The van der Waals surface area contributed by atoms with Gasteiger partial charge in [-0.15, -0.1) is 6.58 Å². The van der Waals surface area contributed by atoms with Gasteiger partial charge in [-0.05, 0) is 74.3 Å². The molecule has 1 saturated carbocycles. The van der Waals surface area contributed by atoms with Gasteiger partial charge >= 0.3 is 6.09 Å².